The van der Waals surface area contributed by atoms with E-state index in [4.69, 9.17) is 4.74 Å². The molecule has 0 aliphatic carbocycles. The Morgan fingerprint density at radius 2 is 2.00 bits per heavy atom. The second-order valence-corrected chi connectivity index (χ2v) is 5.30. The molecule has 0 aromatic heterocycles. The highest BCUT2D eigenvalue weighted by atomic mass is 19.1. The van der Waals surface area contributed by atoms with E-state index in [2.05, 4.69) is 5.32 Å². The van der Waals surface area contributed by atoms with Crippen molar-refractivity contribution in [1.82, 2.24) is 5.32 Å². The molecule has 114 valence electrons. The fourth-order valence-electron chi connectivity index (χ4n) is 1.92. The average molecular weight is 285 g/mol. The van der Waals surface area contributed by atoms with Gasteiger partial charge in [0.2, 0.25) is 0 Å². The molecule has 3 N–H and O–H groups in total. The second kappa shape index (κ2) is 8.19. The Balaban J connectivity index is 2.20. The average Bonchev–Trinajstić information content (AvgIpc) is 2.37. The Hall–Kier alpha value is -1.17. The van der Waals surface area contributed by atoms with Crippen molar-refractivity contribution in [1.29, 1.82) is 0 Å². The van der Waals surface area contributed by atoms with E-state index in [-0.39, 0.29) is 12.4 Å². The number of nitrogens with one attached hydrogen (secondary N) is 1. The molecule has 2 atom stereocenters. The van der Waals surface area contributed by atoms with Crippen molar-refractivity contribution < 1.29 is 19.3 Å². The van der Waals surface area contributed by atoms with Gasteiger partial charge in [-0.05, 0) is 37.6 Å². The number of benzene rings is 1. The minimum atomic E-state index is -0.758. The Morgan fingerprint density at radius 3 is 2.60 bits per heavy atom. The number of aliphatic hydroxyl groups is 2. The van der Waals surface area contributed by atoms with Crippen molar-refractivity contribution in [2.45, 2.75) is 38.4 Å². The first-order chi connectivity index (χ1) is 9.43. The van der Waals surface area contributed by atoms with Crippen molar-refractivity contribution >= 4 is 0 Å². The van der Waals surface area contributed by atoms with Gasteiger partial charge in [-0.2, -0.15) is 0 Å². The van der Waals surface area contributed by atoms with Crippen LogP contribution in [0.3, 0.4) is 0 Å². The van der Waals surface area contributed by atoms with Gasteiger partial charge in [-0.15, -0.1) is 0 Å². The summed E-state index contributed by atoms with van der Waals surface area (Å²) in [5, 5.41) is 22.7. The summed E-state index contributed by atoms with van der Waals surface area (Å²) >= 11 is 0. The molecule has 2 unspecified atom stereocenters. The Labute approximate surface area is 119 Å². The monoisotopic (exact) mass is 285 g/mol. The fourth-order valence-corrected chi connectivity index (χ4v) is 1.92. The van der Waals surface area contributed by atoms with Crippen LogP contribution in [0.2, 0.25) is 0 Å². The lowest BCUT2D eigenvalue weighted by Gasteiger charge is -2.24. The topological polar surface area (TPSA) is 61.7 Å². The molecule has 5 heteroatoms. The van der Waals surface area contributed by atoms with E-state index < -0.39 is 11.7 Å². The van der Waals surface area contributed by atoms with Crippen LogP contribution in [0.25, 0.3) is 0 Å². The quantitative estimate of drug-likeness (QED) is 0.646. The maximum atomic E-state index is 12.7. The molecule has 0 saturated carbocycles. The zero-order chi connectivity index (χ0) is 15.0. The largest absolute Gasteiger partial charge is 0.491 e. The van der Waals surface area contributed by atoms with Gasteiger partial charge in [0.05, 0.1) is 5.60 Å². The van der Waals surface area contributed by atoms with Gasteiger partial charge >= 0.3 is 0 Å². The summed E-state index contributed by atoms with van der Waals surface area (Å²) in [6.07, 6.45) is 0.935. The summed E-state index contributed by atoms with van der Waals surface area (Å²) in [5.41, 5.74) is -0.758. The molecule has 20 heavy (non-hydrogen) atoms. The van der Waals surface area contributed by atoms with Gasteiger partial charge < -0.3 is 20.3 Å². The van der Waals surface area contributed by atoms with Crippen LogP contribution in [0.15, 0.2) is 24.3 Å². The zero-order valence-electron chi connectivity index (χ0n) is 12.1. The first-order valence-electron chi connectivity index (χ1n) is 6.92. The molecule has 0 aliphatic heterocycles. The minimum absolute atomic E-state index is 0.120. The Kier molecular flexibility index (Phi) is 6.91. The lowest BCUT2D eigenvalue weighted by Crippen LogP contribution is -2.41. The van der Waals surface area contributed by atoms with E-state index in [0.717, 1.165) is 6.42 Å². The molecule has 4 nitrogen and oxygen atoms in total. The molecule has 0 aliphatic rings. The Bertz CT molecular complexity index is 381. The molecule has 1 rings (SSSR count). The van der Waals surface area contributed by atoms with Gasteiger partial charge in [0.15, 0.2) is 0 Å². The molecule has 1 aromatic carbocycles. The molecular formula is C15H24FNO3. The lowest BCUT2D eigenvalue weighted by molar-refractivity contribution is 0.0427. The third-order valence-electron chi connectivity index (χ3n) is 2.93. The molecule has 0 amide bonds. The van der Waals surface area contributed by atoms with Crippen LogP contribution in [0.4, 0.5) is 4.39 Å². The highest BCUT2D eigenvalue weighted by Crippen LogP contribution is 2.11. The van der Waals surface area contributed by atoms with Crippen molar-refractivity contribution in [3.63, 3.8) is 0 Å². The highest BCUT2D eigenvalue weighted by Gasteiger charge is 2.18. The van der Waals surface area contributed by atoms with Crippen LogP contribution < -0.4 is 10.1 Å². The van der Waals surface area contributed by atoms with Crippen LogP contribution >= 0.6 is 0 Å². The predicted molar refractivity (Wildman–Crippen MR) is 76.3 cm³/mol. The predicted octanol–water partition coefficient (Wildman–Crippen LogP) is 1.71. The number of hydrogen-bond donors (Lipinski definition) is 3. The zero-order valence-corrected chi connectivity index (χ0v) is 12.1. The smallest absolute Gasteiger partial charge is 0.123 e. The van der Waals surface area contributed by atoms with Crippen LogP contribution in [0.5, 0.6) is 5.75 Å². The third-order valence-corrected chi connectivity index (χ3v) is 2.93. The summed E-state index contributed by atoms with van der Waals surface area (Å²) in [6, 6.07) is 5.65. The van der Waals surface area contributed by atoms with Crippen LogP contribution in [-0.4, -0.2) is 41.6 Å². The van der Waals surface area contributed by atoms with E-state index in [9.17, 15) is 14.6 Å². The minimum Gasteiger partial charge on any atom is -0.491 e. The number of aliphatic hydroxyl groups excluding tert-OH is 1. The molecule has 1 aromatic rings. The van der Waals surface area contributed by atoms with E-state index in [1.165, 1.54) is 24.3 Å². The number of rotatable bonds is 9. The van der Waals surface area contributed by atoms with E-state index in [1.807, 2.05) is 6.92 Å². The van der Waals surface area contributed by atoms with Crippen molar-refractivity contribution in [2.24, 2.45) is 0 Å². The van der Waals surface area contributed by atoms with E-state index in [0.29, 0.717) is 25.3 Å². The van der Waals surface area contributed by atoms with Crippen molar-refractivity contribution in [3.8, 4) is 5.75 Å². The first-order valence-corrected chi connectivity index (χ1v) is 6.92. The molecule has 0 spiro atoms. The highest BCUT2D eigenvalue weighted by molar-refractivity contribution is 5.22. The van der Waals surface area contributed by atoms with E-state index >= 15 is 0 Å². The van der Waals surface area contributed by atoms with Gasteiger partial charge in [-0.25, -0.2) is 4.39 Å². The number of hydrogen-bond acceptors (Lipinski definition) is 4. The molecular weight excluding hydrogens is 261 g/mol. The first kappa shape index (κ1) is 16.9. The third kappa shape index (κ3) is 6.84. The summed E-state index contributed by atoms with van der Waals surface area (Å²) in [7, 11) is 0. The van der Waals surface area contributed by atoms with Gasteiger partial charge in [0.1, 0.15) is 24.3 Å². The van der Waals surface area contributed by atoms with Crippen LogP contribution in [0, 0.1) is 5.82 Å². The van der Waals surface area contributed by atoms with Crippen molar-refractivity contribution in [2.75, 3.05) is 19.7 Å². The molecule has 0 bridgehead atoms. The van der Waals surface area contributed by atoms with E-state index in [1.54, 1.807) is 6.92 Å². The summed E-state index contributed by atoms with van der Waals surface area (Å²) in [5.74, 6) is 0.196. The fraction of sp³-hybridized carbons (Fsp3) is 0.600. The second-order valence-electron chi connectivity index (χ2n) is 5.30. The van der Waals surface area contributed by atoms with Crippen molar-refractivity contribution in [3.05, 3.63) is 30.1 Å². The lowest BCUT2D eigenvalue weighted by atomic mass is 10.0. The molecule has 0 radical (unpaired) electrons. The Morgan fingerprint density at radius 1 is 1.35 bits per heavy atom. The number of ether oxygens (including phenoxy) is 1. The summed E-state index contributed by atoms with van der Waals surface area (Å²) in [6.45, 7) is 4.66. The molecule has 0 saturated heterocycles. The molecule has 0 fully saturated rings. The van der Waals surface area contributed by atoms with Gasteiger partial charge in [-0.3, -0.25) is 0 Å². The SMILES string of the molecule is CCCC(C)(O)CNCC(O)COc1ccc(F)cc1. The van der Waals surface area contributed by atoms with Gasteiger partial charge in [0.25, 0.3) is 0 Å². The number of halogens is 1. The normalized spacial score (nSPS) is 15.7. The van der Waals surface area contributed by atoms with Gasteiger partial charge in [-0.1, -0.05) is 13.3 Å². The maximum Gasteiger partial charge on any atom is 0.123 e. The van der Waals surface area contributed by atoms with Crippen LogP contribution in [-0.2, 0) is 0 Å². The van der Waals surface area contributed by atoms with Gasteiger partial charge in [0, 0.05) is 13.1 Å². The standard InChI is InChI=1S/C15H24FNO3/c1-3-8-15(2,19)11-17-9-13(18)10-20-14-6-4-12(16)5-7-14/h4-7,13,17-19H,3,8-11H2,1-2H3. The summed E-state index contributed by atoms with van der Waals surface area (Å²) in [4.78, 5) is 0. The van der Waals surface area contributed by atoms with Crippen LogP contribution in [0.1, 0.15) is 26.7 Å². The summed E-state index contributed by atoms with van der Waals surface area (Å²) < 4.78 is 18.0. The maximum absolute atomic E-state index is 12.7. The molecule has 0 heterocycles.